The summed E-state index contributed by atoms with van der Waals surface area (Å²) in [5.41, 5.74) is 2.11. The van der Waals surface area contributed by atoms with Gasteiger partial charge in [-0.2, -0.15) is 0 Å². The molecule has 0 bridgehead atoms. The highest BCUT2D eigenvalue weighted by atomic mass is 16.6. The van der Waals surface area contributed by atoms with Gasteiger partial charge < -0.3 is 18.8 Å². The maximum Gasteiger partial charge on any atom is 0.344 e. The van der Waals surface area contributed by atoms with Crippen molar-refractivity contribution in [1.29, 1.82) is 0 Å². The lowest BCUT2D eigenvalue weighted by atomic mass is 9.96. The molecule has 6 nitrogen and oxygen atoms in total. The number of carbonyl (C=O) groups excluding carboxylic acids is 2. The summed E-state index contributed by atoms with van der Waals surface area (Å²) in [6.45, 7) is 3.29. The summed E-state index contributed by atoms with van der Waals surface area (Å²) < 4.78 is 16.4. The van der Waals surface area contributed by atoms with Crippen molar-refractivity contribution in [2.24, 2.45) is 0 Å². The summed E-state index contributed by atoms with van der Waals surface area (Å²) in [5, 5.41) is 1.05. The predicted octanol–water partition coefficient (Wildman–Crippen LogP) is 3.10. The number of aryl methyl sites for hydroxylation is 2. The summed E-state index contributed by atoms with van der Waals surface area (Å²) in [5.74, 6) is 0.856. The molecular weight excluding hydrogens is 334 g/mol. The molecule has 1 aromatic carbocycles. The van der Waals surface area contributed by atoms with Gasteiger partial charge in [0.05, 0.1) is 0 Å². The molecule has 1 heterocycles. The van der Waals surface area contributed by atoms with E-state index in [1.807, 2.05) is 26.0 Å². The van der Waals surface area contributed by atoms with Gasteiger partial charge in [-0.3, -0.25) is 4.79 Å². The Balaban J connectivity index is 1.56. The molecule has 0 unspecified atom stereocenters. The number of furan rings is 1. The van der Waals surface area contributed by atoms with Crippen molar-refractivity contribution in [3.8, 4) is 5.75 Å². The maximum absolute atomic E-state index is 11.8. The van der Waals surface area contributed by atoms with Crippen molar-refractivity contribution in [2.45, 2.75) is 45.6 Å². The Kier molecular flexibility index (Phi) is 5.49. The first kappa shape index (κ1) is 18.3. The van der Waals surface area contributed by atoms with E-state index in [4.69, 9.17) is 13.9 Å². The van der Waals surface area contributed by atoms with Crippen LogP contribution in [0.2, 0.25) is 0 Å². The average Bonchev–Trinajstić information content (AvgIpc) is 3.01. The van der Waals surface area contributed by atoms with E-state index in [0.29, 0.717) is 5.75 Å². The highest BCUT2D eigenvalue weighted by molar-refractivity contribution is 5.84. The number of benzene rings is 1. The monoisotopic (exact) mass is 359 g/mol. The van der Waals surface area contributed by atoms with E-state index < -0.39 is 5.97 Å². The third-order valence-electron chi connectivity index (χ3n) is 4.81. The molecule has 0 fully saturated rings. The molecular formula is C20H25NO5. The molecule has 1 aliphatic carbocycles. The van der Waals surface area contributed by atoms with Crippen LogP contribution in [0, 0.1) is 0 Å². The van der Waals surface area contributed by atoms with Crippen molar-refractivity contribution in [3.63, 3.8) is 0 Å². The number of rotatable bonds is 6. The van der Waals surface area contributed by atoms with Gasteiger partial charge >= 0.3 is 5.97 Å². The number of hydrogen-bond donors (Lipinski definition) is 0. The zero-order valence-corrected chi connectivity index (χ0v) is 15.5. The van der Waals surface area contributed by atoms with Crippen molar-refractivity contribution in [3.05, 3.63) is 29.5 Å². The Labute approximate surface area is 153 Å². The summed E-state index contributed by atoms with van der Waals surface area (Å²) in [4.78, 5) is 25.2. The third kappa shape index (κ3) is 4.00. The number of hydrogen-bond acceptors (Lipinski definition) is 5. The van der Waals surface area contributed by atoms with Crippen LogP contribution in [0.15, 0.2) is 22.6 Å². The number of ether oxygens (including phenoxy) is 2. The van der Waals surface area contributed by atoms with Crippen LogP contribution < -0.4 is 4.74 Å². The Morgan fingerprint density at radius 1 is 1.19 bits per heavy atom. The first-order chi connectivity index (χ1) is 12.5. The first-order valence-corrected chi connectivity index (χ1v) is 9.04. The van der Waals surface area contributed by atoms with Crippen LogP contribution in [0.4, 0.5) is 0 Å². The maximum atomic E-state index is 11.8. The van der Waals surface area contributed by atoms with Crippen LogP contribution in [-0.4, -0.2) is 43.1 Å². The Hall–Kier alpha value is -2.50. The van der Waals surface area contributed by atoms with Crippen LogP contribution >= 0.6 is 0 Å². The molecule has 1 aromatic heterocycles. The second-order valence-electron chi connectivity index (χ2n) is 6.92. The molecule has 0 spiro atoms. The van der Waals surface area contributed by atoms with Crippen LogP contribution in [0.3, 0.4) is 0 Å². The van der Waals surface area contributed by atoms with E-state index >= 15 is 0 Å². The van der Waals surface area contributed by atoms with E-state index in [9.17, 15) is 9.59 Å². The van der Waals surface area contributed by atoms with Gasteiger partial charge in [-0.25, -0.2) is 4.79 Å². The average molecular weight is 359 g/mol. The smallest absolute Gasteiger partial charge is 0.344 e. The number of amides is 1. The summed E-state index contributed by atoms with van der Waals surface area (Å²) in [6, 6.07) is 5.62. The molecule has 6 heteroatoms. The molecule has 26 heavy (non-hydrogen) atoms. The minimum atomic E-state index is -0.565. The van der Waals surface area contributed by atoms with Crippen LogP contribution in [0.5, 0.6) is 5.75 Å². The fourth-order valence-electron chi connectivity index (χ4n) is 3.05. The normalized spacial score (nSPS) is 13.5. The lowest BCUT2D eigenvalue weighted by molar-refractivity contribution is -0.153. The molecule has 1 aliphatic rings. The quantitative estimate of drug-likeness (QED) is 0.741. The number of likely N-dealkylation sites (N-methyl/N-ethyl adjacent to an activating group) is 1. The zero-order chi connectivity index (χ0) is 18.7. The van der Waals surface area contributed by atoms with Crippen LogP contribution in [-0.2, 0) is 27.2 Å². The second kappa shape index (κ2) is 7.81. The fraction of sp³-hybridized carbons (Fsp3) is 0.500. The minimum Gasteiger partial charge on any atom is -0.482 e. The van der Waals surface area contributed by atoms with Crippen molar-refractivity contribution >= 4 is 22.8 Å². The van der Waals surface area contributed by atoms with Gasteiger partial charge in [0.25, 0.3) is 5.91 Å². The van der Waals surface area contributed by atoms with Crippen molar-refractivity contribution in [1.82, 2.24) is 4.90 Å². The number of nitrogens with zero attached hydrogens (tertiary/aromatic N) is 1. The van der Waals surface area contributed by atoms with Crippen molar-refractivity contribution < 1.29 is 23.5 Å². The van der Waals surface area contributed by atoms with Gasteiger partial charge in [0.2, 0.25) is 0 Å². The van der Waals surface area contributed by atoms with E-state index in [2.05, 4.69) is 0 Å². The molecule has 0 saturated heterocycles. The van der Waals surface area contributed by atoms with Gasteiger partial charge in [-0.15, -0.1) is 0 Å². The number of esters is 1. The molecule has 1 amide bonds. The zero-order valence-electron chi connectivity index (χ0n) is 15.5. The second-order valence-corrected chi connectivity index (χ2v) is 6.92. The topological polar surface area (TPSA) is 69.0 Å². The van der Waals surface area contributed by atoms with Gasteiger partial charge in [0.1, 0.15) is 17.1 Å². The SMILES string of the molecule is CC(C)N(C)C(=O)COC(=O)COc1ccc2oc3c(c2c1)CCCC3. The van der Waals surface area contributed by atoms with Gasteiger partial charge in [0.15, 0.2) is 13.2 Å². The van der Waals surface area contributed by atoms with Gasteiger partial charge in [-0.1, -0.05) is 0 Å². The molecule has 3 rings (SSSR count). The summed E-state index contributed by atoms with van der Waals surface area (Å²) >= 11 is 0. The Morgan fingerprint density at radius 3 is 2.73 bits per heavy atom. The molecule has 0 N–H and O–H groups in total. The fourth-order valence-corrected chi connectivity index (χ4v) is 3.05. The molecule has 2 aromatic rings. The highest BCUT2D eigenvalue weighted by Gasteiger charge is 2.18. The first-order valence-electron chi connectivity index (χ1n) is 9.04. The van der Waals surface area contributed by atoms with E-state index in [1.54, 1.807) is 13.1 Å². The summed E-state index contributed by atoms with van der Waals surface area (Å²) in [6.07, 6.45) is 4.31. The number of carbonyl (C=O) groups is 2. The molecule has 0 aliphatic heterocycles. The summed E-state index contributed by atoms with van der Waals surface area (Å²) in [7, 11) is 1.68. The molecule has 140 valence electrons. The standard InChI is InChI=1S/C20H25NO5/c1-13(2)21(3)19(22)11-25-20(23)12-24-14-8-9-18-16(10-14)15-6-4-5-7-17(15)26-18/h8-10,13H,4-7,11-12H2,1-3H3. The molecule has 0 saturated carbocycles. The van der Waals surface area contributed by atoms with E-state index in [1.165, 1.54) is 10.5 Å². The van der Waals surface area contributed by atoms with E-state index in [0.717, 1.165) is 42.4 Å². The van der Waals surface area contributed by atoms with Crippen LogP contribution in [0.1, 0.15) is 38.0 Å². The third-order valence-corrected chi connectivity index (χ3v) is 4.81. The molecule has 0 radical (unpaired) electrons. The van der Waals surface area contributed by atoms with Gasteiger partial charge in [0, 0.05) is 30.5 Å². The Bertz CT molecular complexity index is 808. The molecule has 0 atom stereocenters. The number of fused-ring (bicyclic) bond motifs is 3. The van der Waals surface area contributed by atoms with Crippen LogP contribution in [0.25, 0.3) is 11.0 Å². The minimum absolute atomic E-state index is 0.0602. The van der Waals surface area contributed by atoms with Gasteiger partial charge in [-0.05, 0) is 51.3 Å². The van der Waals surface area contributed by atoms with E-state index in [-0.39, 0.29) is 25.2 Å². The highest BCUT2D eigenvalue weighted by Crippen LogP contribution is 2.33. The lowest BCUT2D eigenvalue weighted by Gasteiger charge is -2.21. The Morgan fingerprint density at radius 2 is 1.96 bits per heavy atom. The predicted molar refractivity (Wildman–Crippen MR) is 97.2 cm³/mol. The lowest BCUT2D eigenvalue weighted by Crippen LogP contribution is -2.36. The van der Waals surface area contributed by atoms with Crippen molar-refractivity contribution in [2.75, 3.05) is 20.3 Å². The largest absolute Gasteiger partial charge is 0.482 e.